The van der Waals surface area contributed by atoms with Crippen molar-refractivity contribution in [2.45, 2.75) is 13.0 Å². The molecule has 0 aromatic carbocycles. The maximum absolute atomic E-state index is 4.47. The Morgan fingerprint density at radius 2 is 2.10 bits per heavy atom. The normalized spacial score (nSPS) is 14.5. The molecule has 0 amide bonds. The lowest BCUT2D eigenvalue weighted by Crippen LogP contribution is -2.32. The number of rotatable bonds is 1. The zero-order chi connectivity index (χ0) is 14.4. The lowest BCUT2D eigenvalue weighted by atomic mass is 10.1. The molecule has 4 heterocycles. The van der Waals surface area contributed by atoms with Gasteiger partial charge in [-0.15, -0.1) is 0 Å². The number of halogens is 1. The van der Waals surface area contributed by atoms with Crippen LogP contribution in [0.4, 0.5) is 5.82 Å². The minimum atomic E-state index is 0.727. The fourth-order valence-electron chi connectivity index (χ4n) is 2.70. The fraction of sp³-hybridized carbons (Fsp3) is 0.308. The number of hydrogen-bond donors (Lipinski definition) is 0. The van der Waals surface area contributed by atoms with Crippen molar-refractivity contribution < 1.29 is 0 Å². The first-order chi connectivity index (χ1) is 10.2. The third-order valence-electron chi connectivity index (χ3n) is 3.73. The Labute approximate surface area is 129 Å². The molecule has 1 aliphatic rings. The fourth-order valence-corrected chi connectivity index (χ4v) is 3.29. The SMILES string of the molecule is Cn1nc(Br)c2c(N3CCc4cncnc4C3)ncnc21. The molecule has 0 saturated carbocycles. The lowest BCUT2D eigenvalue weighted by molar-refractivity contribution is 0.696. The molecule has 3 aromatic heterocycles. The quantitative estimate of drug-likeness (QED) is 0.665. The number of aromatic nitrogens is 6. The number of anilines is 1. The minimum absolute atomic E-state index is 0.727. The molecule has 0 fully saturated rings. The van der Waals surface area contributed by atoms with E-state index in [2.05, 4.69) is 45.9 Å². The summed E-state index contributed by atoms with van der Waals surface area (Å²) in [6.07, 6.45) is 5.99. The molecule has 8 heteroatoms. The van der Waals surface area contributed by atoms with Gasteiger partial charge >= 0.3 is 0 Å². The van der Waals surface area contributed by atoms with Gasteiger partial charge in [-0.25, -0.2) is 24.6 Å². The maximum atomic E-state index is 4.47. The van der Waals surface area contributed by atoms with E-state index in [0.717, 1.165) is 46.7 Å². The Kier molecular flexibility index (Phi) is 2.85. The zero-order valence-electron chi connectivity index (χ0n) is 11.4. The highest BCUT2D eigenvalue weighted by Gasteiger charge is 2.23. The Bertz CT molecular complexity index is 828. The predicted octanol–water partition coefficient (Wildman–Crippen LogP) is 1.48. The van der Waals surface area contributed by atoms with Gasteiger partial charge in [-0.3, -0.25) is 0 Å². The summed E-state index contributed by atoms with van der Waals surface area (Å²) in [5.41, 5.74) is 3.09. The van der Waals surface area contributed by atoms with E-state index < -0.39 is 0 Å². The van der Waals surface area contributed by atoms with Crippen LogP contribution in [0.1, 0.15) is 11.3 Å². The second-order valence-corrected chi connectivity index (χ2v) is 5.73. The van der Waals surface area contributed by atoms with Crippen LogP contribution in [-0.2, 0) is 20.0 Å². The first-order valence-electron chi connectivity index (χ1n) is 6.60. The number of nitrogens with zero attached hydrogens (tertiary/aromatic N) is 7. The summed E-state index contributed by atoms with van der Waals surface area (Å²) >= 11 is 3.50. The topological polar surface area (TPSA) is 72.6 Å². The summed E-state index contributed by atoms with van der Waals surface area (Å²) in [5, 5.41) is 5.31. The largest absolute Gasteiger partial charge is 0.350 e. The van der Waals surface area contributed by atoms with Crippen LogP contribution in [0.2, 0.25) is 0 Å². The average molecular weight is 346 g/mol. The van der Waals surface area contributed by atoms with Gasteiger partial charge < -0.3 is 4.90 Å². The molecular formula is C13H12BrN7. The molecule has 3 aromatic rings. The van der Waals surface area contributed by atoms with E-state index in [-0.39, 0.29) is 0 Å². The van der Waals surface area contributed by atoms with Crippen molar-refractivity contribution in [3.05, 3.63) is 34.7 Å². The molecule has 0 N–H and O–H groups in total. The monoisotopic (exact) mass is 345 g/mol. The molecule has 1 aliphatic heterocycles. The first-order valence-corrected chi connectivity index (χ1v) is 7.39. The molecule has 0 radical (unpaired) electrons. The molecule has 7 nitrogen and oxygen atoms in total. The molecule has 106 valence electrons. The summed E-state index contributed by atoms with van der Waals surface area (Å²) in [6.45, 7) is 1.61. The van der Waals surface area contributed by atoms with Crippen LogP contribution in [0.5, 0.6) is 0 Å². The highest BCUT2D eigenvalue weighted by molar-refractivity contribution is 9.10. The molecule has 4 rings (SSSR count). The van der Waals surface area contributed by atoms with Crippen molar-refractivity contribution in [2.24, 2.45) is 7.05 Å². The second-order valence-electron chi connectivity index (χ2n) is 4.98. The third kappa shape index (κ3) is 1.98. The van der Waals surface area contributed by atoms with E-state index in [1.165, 1.54) is 5.56 Å². The Morgan fingerprint density at radius 3 is 3.00 bits per heavy atom. The minimum Gasteiger partial charge on any atom is -0.350 e. The van der Waals surface area contributed by atoms with E-state index >= 15 is 0 Å². The molecule has 0 spiro atoms. The third-order valence-corrected chi connectivity index (χ3v) is 4.29. The second kappa shape index (κ2) is 4.73. The van der Waals surface area contributed by atoms with Crippen LogP contribution in [0.15, 0.2) is 23.5 Å². The molecular weight excluding hydrogens is 334 g/mol. The van der Waals surface area contributed by atoms with Crippen molar-refractivity contribution >= 4 is 32.8 Å². The van der Waals surface area contributed by atoms with Crippen LogP contribution in [-0.4, -0.2) is 36.3 Å². The standard InChI is InChI=1S/C13H12BrN7/c1-20-12-10(11(14)19-20)13(18-7-17-12)21-3-2-8-4-15-6-16-9(8)5-21/h4,6-7H,2-3,5H2,1H3. The van der Waals surface area contributed by atoms with Crippen molar-refractivity contribution in [1.29, 1.82) is 0 Å². The summed E-state index contributed by atoms with van der Waals surface area (Å²) < 4.78 is 2.52. The van der Waals surface area contributed by atoms with Crippen molar-refractivity contribution in [3.8, 4) is 0 Å². The smallest absolute Gasteiger partial charge is 0.164 e. The van der Waals surface area contributed by atoms with E-state index in [4.69, 9.17) is 0 Å². The van der Waals surface area contributed by atoms with Crippen LogP contribution in [0, 0.1) is 0 Å². The van der Waals surface area contributed by atoms with Gasteiger partial charge in [0.15, 0.2) is 5.65 Å². The molecule has 0 aliphatic carbocycles. The predicted molar refractivity (Wildman–Crippen MR) is 80.8 cm³/mol. The highest BCUT2D eigenvalue weighted by Crippen LogP contribution is 2.31. The van der Waals surface area contributed by atoms with Gasteiger partial charge in [0.1, 0.15) is 23.1 Å². The molecule has 0 unspecified atom stereocenters. The van der Waals surface area contributed by atoms with Crippen molar-refractivity contribution in [3.63, 3.8) is 0 Å². The van der Waals surface area contributed by atoms with Crippen LogP contribution in [0.25, 0.3) is 11.0 Å². The molecule has 0 saturated heterocycles. The maximum Gasteiger partial charge on any atom is 0.164 e. The number of hydrogen-bond acceptors (Lipinski definition) is 6. The van der Waals surface area contributed by atoms with Crippen molar-refractivity contribution in [2.75, 3.05) is 11.4 Å². The summed E-state index contributed by atoms with van der Waals surface area (Å²) in [6, 6.07) is 0. The Balaban J connectivity index is 1.82. The van der Waals surface area contributed by atoms with E-state index in [1.807, 2.05) is 13.2 Å². The highest BCUT2D eigenvalue weighted by atomic mass is 79.9. The van der Waals surface area contributed by atoms with Gasteiger partial charge in [0, 0.05) is 19.8 Å². The molecule has 0 bridgehead atoms. The van der Waals surface area contributed by atoms with Gasteiger partial charge in [-0.1, -0.05) is 0 Å². The lowest BCUT2D eigenvalue weighted by Gasteiger charge is -2.28. The van der Waals surface area contributed by atoms with Gasteiger partial charge in [0.25, 0.3) is 0 Å². The van der Waals surface area contributed by atoms with E-state index in [0.29, 0.717) is 0 Å². The van der Waals surface area contributed by atoms with Gasteiger partial charge in [-0.05, 0) is 27.9 Å². The van der Waals surface area contributed by atoms with E-state index in [9.17, 15) is 0 Å². The summed E-state index contributed by atoms with van der Waals surface area (Å²) in [7, 11) is 1.88. The number of aryl methyl sites for hydroxylation is 1. The zero-order valence-corrected chi connectivity index (χ0v) is 12.9. The van der Waals surface area contributed by atoms with Crippen LogP contribution < -0.4 is 4.90 Å². The van der Waals surface area contributed by atoms with E-state index in [1.54, 1.807) is 17.3 Å². The van der Waals surface area contributed by atoms with Gasteiger partial charge in [-0.2, -0.15) is 5.10 Å². The van der Waals surface area contributed by atoms with Gasteiger partial charge in [0.2, 0.25) is 0 Å². The van der Waals surface area contributed by atoms with Gasteiger partial charge in [0.05, 0.1) is 17.6 Å². The van der Waals surface area contributed by atoms with Crippen LogP contribution in [0.3, 0.4) is 0 Å². The summed E-state index contributed by atoms with van der Waals surface area (Å²) in [5.74, 6) is 0.893. The first kappa shape index (κ1) is 12.6. The Hall–Kier alpha value is -2.09. The molecule has 0 atom stereocenters. The Morgan fingerprint density at radius 1 is 1.19 bits per heavy atom. The summed E-state index contributed by atoms with van der Waals surface area (Å²) in [4.78, 5) is 19.4. The molecule has 21 heavy (non-hydrogen) atoms. The number of fused-ring (bicyclic) bond motifs is 2. The average Bonchev–Trinajstić information content (AvgIpc) is 2.82. The van der Waals surface area contributed by atoms with Crippen LogP contribution >= 0.6 is 15.9 Å². The van der Waals surface area contributed by atoms with Crippen molar-refractivity contribution in [1.82, 2.24) is 29.7 Å².